The lowest BCUT2D eigenvalue weighted by Crippen LogP contribution is -2.55. The molecule has 0 fully saturated rings. The molecule has 2 atom stereocenters. The summed E-state index contributed by atoms with van der Waals surface area (Å²) in [5, 5.41) is 3.08. The molecule has 0 aliphatic carbocycles. The quantitative estimate of drug-likeness (QED) is 0.752. The van der Waals surface area contributed by atoms with Gasteiger partial charge in [-0.15, -0.1) is 12.4 Å². The van der Waals surface area contributed by atoms with Crippen LogP contribution >= 0.6 is 12.4 Å². The predicted octanol–water partition coefficient (Wildman–Crippen LogP) is 2.97. The van der Waals surface area contributed by atoms with Gasteiger partial charge in [-0.05, 0) is 31.1 Å². The van der Waals surface area contributed by atoms with Crippen molar-refractivity contribution in [2.45, 2.75) is 59.9 Å². The fraction of sp³-hybridized carbons (Fsp3) is 0.929. The normalized spacial score (nSPS) is 16.1. The molecule has 110 valence electrons. The van der Waals surface area contributed by atoms with Crippen molar-refractivity contribution >= 4 is 18.3 Å². The molecule has 18 heavy (non-hydrogen) atoms. The summed E-state index contributed by atoms with van der Waals surface area (Å²) in [6, 6.07) is 0. The van der Waals surface area contributed by atoms with Crippen LogP contribution in [-0.4, -0.2) is 18.0 Å². The summed E-state index contributed by atoms with van der Waals surface area (Å²) in [6.45, 7) is 13.2. The molecule has 0 rings (SSSR count). The third-order valence-electron chi connectivity index (χ3n) is 3.53. The van der Waals surface area contributed by atoms with Gasteiger partial charge in [-0.1, -0.05) is 34.6 Å². The zero-order valence-corrected chi connectivity index (χ0v) is 13.6. The van der Waals surface area contributed by atoms with Gasteiger partial charge in [0.2, 0.25) is 5.91 Å². The van der Waals surface area contributed by atoms with Crippen molar-refractivity contribution in [1.82, 2.24) is 5.32 Å². The molecule has 0 bridgehead atoms. The molecule has 0 heterocycles. The molecule has 0 aromatic carbocycles. The molecule has 0 radical (unpaired) electrons. The Bertz CT molecular complexity index is 244. The van der Waals surface area contributed by atoms with Crippen LogP contribution in [-0.2, 0) is 4.79 Å². The minimum Gasteiger partial charge on any atom is -0.349 e. The Balaban J connectivity index is 0. The van der Waals surface area contributed by atoms with Gasteiger partial charge in [0.05, 0.1) is 5.54 Å². The van der Waals surface area contributed by atoms with Crippen LogP contribution in [0.5, 0.6) is 0 Å². The molecule has 3 N–H and O–H groups in total. The molecule has 1 amide bonds. The Morgan fingerprint density at radius 3 is 2.06 bits per heavy atom. The van der Waals surface area contributed by atoms with E-state index >= 15 is 0 Å². The molecular weight excluding hydrogens is 248 g/mol. The standard InChI is InChI=1S/C14H30N2O.ClH/c1-10(2)7-12(5)8-13(17)16-14(6,9-15)11(3)4;/h10-12H,7-9,15H2,1-6H3,(H,16,17);1H. The Hall–Kier alpha value is -0.280. The number of rotatable bonds is 7. The monoisotopic (exact) mass is 278 g/mol. The second-order valence-corrected chi connectivity index (χ2v) is 6.26. The smallest absolute Gasteiger partial charge is 0.220 e. The Labute approximate surface area is 119 Å². The summed E-state index contributed by atoms with van der Waals surface area (Å²) in [6.07, 6.45) is 1.69. The fourth-order valence-electron chi connectivity index (χ4n) is 2.01. The minimum absolute atomic E-state index is 0. The Morgan fingerprint density at radius 1 is 1.22 bits per heavy atom. The summed E-state index contributed by atoms with van der Waals surface area (Å²) in [5.74, 6) is 1.55. The molecule has 0 saturated heterocycles. The summed E-state index contributed by atoms with van der Waals surface area (Å²) < 4.78 is 0. The summed E-state index contributed by atoms with van der Waals surface area (Å²) in [4.78, 5) is 11.9. The van der Waals surface area contributed by atoms with Gasteiger partial charge < -0.3 is 11.1 Å². The zero-order chi connectivity index (χ0) is 13.6. The third kappa shape index (κ3) is 7.22. The maximum Gasteiger partial charge on any atom is 0.220 e. The van der Waals surface area contributed by atoms with Crippen molar-refractivity contribution < 1.29 is 4.79 Å². The highest BCUT2D eigenvalue weighted by atomic mass is 35.5. The van der Waals surface area contributed by atoms with E-state index in [1.54, 1.807) is 0 Å². The van der Waals surface area contributed by atoms with E-state index in [1.165, 1.54) is 0 Å². The number of carbonyl (C=O) groups is 1. The highest BCUT2D eigenvalue weighted by Gasteiger charge is 2.28. The van der Waals surface area contributed by atoms with Crippen LogP contribution in [0.15, 0.2) is 0 Å². The first kappa shape index (κ1) is 20.0. The first-order valence-corrected chi connectivity index (χ1v) is 6.72. The summed E-state index contributed by atoms with van der Waals surface area (Å²) in [5.41, 5.74) is 5.47. The van der Waals surface area contributed by atoms with Crippen LogP contribution in [0.25, 0.3) is 0 Å². The highest BCUT2D eigenvalue weighted by Crippen LogP contribution is 2.18. The van der Waals surface area contributed by atoms with Gasteiger partial charge in [-0.3, -0.25) is 4.79 Å². The molecule has 0 saturated carbocycles. The van der Waals surface area contributed by atoms with E-state index in [9.17, 15) is 4.79 Å². The van der Waals surface area contributed by atoms with Crippen molar-refractivity contribution in [2.24, 2.45) is 23.5 Å². The van der Waals surface area contributed by atoms with Crippen molar-refractivity contribution in [3.05, 3.63) is 0 Å². The molecular formula is C14H31ClN2O. The number of halogens is 1. The molecule has 0 aromatic heterocycles. The lowest BCUT2D eigenvalue weighted by Gasteiger charge is -2.34. The number of nitrogens with one attached hydrogen (secondary N) is 1. The van der Waals surface area contributed by atoms with Gasteiger partial charge in [0, 0.05) is 13.0 Å². The number of hydrogen-bond acceptors (Lipinski definition) is 2. The molecule has 0 aliphatic rings. The fourth-order valence-corrected chi connectivity index (χ4v) is 2.01. The zero-order valence-electron chi connectivity index (χ0n) is 12.7. The van der Waals surface area contributed by atoms with Crippen molar-refractivity contribution in [1.29, 1.82) is 0 Å². The number of hydrogen-bond donors (Lipinski definition) is 2. The summed E-state index contributed by atoms with van der Waals surface area (Å²) in [7, 11) is 0. The number of amides is 1. The van der Waals surface area contributed by atoms with Gasteiger partial charge >= 0.3 is 0 Å². The summed E-state index contributed by atoms with van der Waals surface area (Å²) >= 11 is 0. The minimum atomic E-state index is -0.283. The predicted molar refractivity (Wildman–Crippen MR) is 80.9 cm³/mol. The lowest BCUT2D eigenvalue weighted by molar-refractivity contribution is -0.124. The van der Waals surface area contributed by atoms with Crippen LogP contribution in [0.1, 0.15) is 54.4 Å². The Morgan fingerprint density at radius 2 is 1.72 bits per heavy atom. The molecule has 0 aromatic rings. The van der Waals surface area contributed by atoms with E-state index in [2.05, 4.69) is 39.9 Å². The lowest BCUT2D eigenvalue weighted by atomic mass is 9.87. The second kappa shape index (κ2) is 8.76. The van der Waals surface area contributed by atoms with E-state index in [1.807, 2.05) is 6.92 Å². The molecule has 4 heteroatoms. The largest absolute Gasteiger partial charge is 0.349 e. The van der Waals surface area contributed by atoms with Crippen LogP contribution in [0.3, 0.4) is 0 Å². The third-order valence-corrected chi connectivity index (χ3v) is 3.53. The van der Waals surface area contributed by atoms with E-state index in [-0.39, 0.29) is 23.9 Å². The topological polar surface area (TPSA) is 55.1 Å². The number of carbonyl (C=O) groups excluding carboxylic acids is 1. The number of nitrogens with two attached hydrogens (primary N) is 1. The van der Waals surface area contributed by atoms with Crippen LogP contribution in [0, 0.1) is 17.8 Å². The second-order valence-electron chi connectivity index (χ2n) is 6.26. The van der Waals surface area contributed by atoms with E-state index in [0.717, 1.165) is 6.42 Å². The first-order chi connectivity index (χ1) is 7.71. The molecule has 3 nitrogen and oxygen atoms in total. The molecule has 0 spiro atoms. The van der Waals surface area contributed by atoms with E-state index < -0.39 is 0 Å². The van der Waals surface area contributed by atoms with Gasteiger partial charge in [-0.25, -0.2) is 0 Å². The first-order valence-electron chi connectivity index (χ1n) is 6.72. The average Bonchev–Trinajstić information content (AvgIpc) is 2.15. The average molecular weight is 279 g/mol. The highest BCUT2D eigenvalue weighted by molar-refractivity contribution is 5.85. The Kier molecular flexibility index (Phi) is 9.75. The maximum absolute atomic E-state index is 11.9. The van der Waals surface area contributed by atoms with Gasteiger partial charge in [0.15, 0.2) is 0 Å². The van der Waals surface area contributed by atoms with Gasteiger partial charge in [0.1, 0.15) is 0 Å². The van der Waals surface area contributed by atoms with Crippen LogP contribution in [0.4, 0.5) is 0 Å². The van der Waals surface area contributed by atoms with E-state index in [4.69, 9.17) is 5.73 Å². The molecule has 2 unspecified atom stereocenters. The maximum atomic E-state index is 11.9. The van der Waals surface area contributed by atoms with Crippen LogP contribution < -0.4 is 11.1 Å². The molecule has 0 aliphatic heterocycles. The van der Waals surface area contributed by atoms with Crippen molar-refractivity contribution in [3.63, 3.8) is 0 Å². The van der Waals surface area contributed by atoms with Crippen molar-refractivity contribution in [2.75, 3.05) is 6.54 Å². The SMILES string of the molecule is CC(C)CC(C)CC(=O)NC(C)(CN)C(C)C.Cl. The van der Waals surface area contributed by atoms with Crippen LogP contribution in [0.2, 0.25) is 0 Å². The van der Waals surface area contributed by atoms with Gasteiger partial charge in [-0.2, -0.15) is 0 Å². The van der Waals surface area contributed by atoms with Gasteiger partial charge in [0.25, 0.3) is 0 Å². The van der Waals surface area contributed by atoms with E-state index in [0.29, 0.717) is 30.7 Å². The van der Waals surface area contributed by atoms with Crippen molar-refractivity contribution in [3.8, 4) is 0 Å².